The second-order valence-corrected chi connectivity index (χ2v) is 8.80. The minimum Gasteiger partial charge on any atom is -0.336 e. The lowest BCUT2D eigenvalue weighted by molar-refractivity contribution is 0.0751. The van der Waals surface area contributed by atoms with Gasteiger partial charge in [-0.2, -0.15) is 0 Å². The van der Waals surface area contributed by atoms with E-state index in [0.29, 0.717) is 5.69 Å². The summed E-state index contributed by atoms with van der Waals surface area (Å²) in [6.07, 6.45) is 9.92. The molecule has 4 rings (SSSR count). The summed E-state index contributed by atoms with van der Waals surface area (Å²) in [6.45, 7) is 4.65. The number of hydrogen-bond donors (Lipinski definition) is 0. The van der Waals surface area contributed by atoms with Gasteiger partial charge in [-0.05, 0) is 37.3 Å². The van der Waals surface area contributed by atoms with Gasteiger partial charge in [0.2, 0.25) is 0 Å². The molecule has 0 atom stereocenters. The number of carbonyl (C=O) groups excluding carboxylic acids is 1. The number of imidazole rings is 1. The summed E-state index contributed by atoms with van der Waals surface area (Å²) in [5.74, 6) is 0.913. The van der Waals surface area contributed by atoms with Crippen molar-refractivity contribution in [1.29, 1.82) is 0 Å². The molecule has 2 fully saturated rings. The van der Waals surface area contributed by atoms with Crippen molar-refractivity contribution >= 4 is 17.2 Å². The molecule has 0 radical (unpaired) electrons. The summed E-state index contributed by atoms with van der Waals surface area (Å²) in [4.78, 5) is 24.3. The van der Waals surface area contributed by atoms with Crippen LogP contribution in [0.4, 0.5) is 0 Å². The van der Waals surface area contributed by atoms with Gasteiger partial charge in [-0.25, -0.2) is 4.98 Å². The molecule has 1 aliphatic heterocycles. The number of aromatic nitrogens is 2. The Morgan fingerprint density at radius 1 is 1.15 bits per heavy atom. The van der Waals surface area contributed by atoms with E-state index >= 15 is 0 Å². The van der Waals surface area contributed by atoms with Crippen molar-refractivity contribution in [3.8, 4) is 0 Å². The number of aryl methyl sites for hydroxylation is 1. The second-order valence-electron chi connectivity index (χ2n) is 7.60. The number of nitrogens with zero attached hydrogens (tertiary/aromatic N) is 4. The third-order valence-corrected chi connectivity index (χ3v) is 6.96. The van der Waals surface area contributed by atoms with Crippen molar-refractivity contribution in [3.63, 3.8) is 0 Å². The maximum absolute atomic E-state index is 12.7. The first kappa shape index (κ1) is 17.7. The van der Waals surface area contributed by atoms with E-state index in [9.17, 15) is 4.79 Å². The molecule has 0 N–H and O–H groups in total. The summed E-state index contributed by atoms with van der Waals surface area (Å²) in [5.41, 5.74) is 0.679. The average molecular weight is 373 g/mol. The molecule has 0 unspecified atom stereocenters. The zero-order valence-corrected chi connectivity index (χ0v) is 16.4. The fourth-order valence-corrected chi connectivity index (χ4v) is 5.41. The van der Waals surface area contributed by atoms with Gasteiger partial charge in [0.1, 0.15) is 5.69 Å². The highest BCUT2D eigenvalue weighted by molar-refractivity contribution is 7.12. The molecule has 0 bridgehead atoms. The Kier molecular flexibility index (Phi) is 5.41. The van der Waals surface area contributed by atoms with E-state index in [2.05, 4.69) is 22.0 Å². The molecule has 0 spiro atoms. The van der Waals surface area contributed by atoms with E-state index in [1.54, 1.807) is 22.0 Å². The molecule has 3 heterocycles. The van der Waals surface area contributed by atoms with Crippen LogP contribution in [-0.2, 0) is 13.6 Å². The Labute approximate surface area is 159 Å². The van der Waals surface area contributed by atoms with E-state index in [4.69, 9.17) is 0 Å². The van der Waals surface area contributed by atoms with Gasteiger partial charge < -0.3 is 9.47 Å². The lowest BCUT2D eigenvalue weighted by Gasteiger charge is -2.21. The predicted octanol–water partition coefficient (Wildman–Crippen LogP) is 3.49. The maximum atomic E-state index is 12.7. The van der Waals surface area contributed by atoms with E-state index in [1.165, 1.54) is 30.6 Å². The molecule has 1 saturated carbocycles. The summed E-state index contributed by atoms with van der Waals surface area (Å²) in [6, 6.07) is 4.67. The largest absolute Gasteiger partial charge is 0.336 e. The first-order chi connectivity index (χ1) is 12.7. The van der Waals surface area contributed by atoms with Crippen LogP contribution < -0.4 is 0 Å². The van der Waals surface area contributed by atoms with Crippen molar-refractivity contribution in [2.75, 3.05) is 26.2 Å². The molecule has 1 saturated heterocycles. The SMILES string of the molecule is Cn1cncc1C(=O)N1CCCN(Cc2ccc(C3CCCC3)s2)CC1. The van der Waals surface area contributed by atoms with Crippen LogP contribution in [0.1, 0.15) is 58.3 Å². The smallest absolute Gasteiger partial charge is 0.272 e. The summed E-state index contributed by atoms with van der Waals surface area (Å²) in [7, 11) is 1.88. The third-order valence-electron chi connectivity index (χ3n) is 5.73. The Balaban J connectivity index is 1.34. The molecule has 5 nitrogen and oxygen atoms in total. The van der Waals surface area contributed by atoms with Gasteiger partial charge in [0.25, 0.3) is 5.91 Å². The van der Waals surface area contributed by atoms with Crippen LogP contribution in [0.15, 0.2) is 24.7 Å². The van der Waals surface area contributed by atoms with Gasteiger partial charge in [0, 0.05) is 49.5 Å². The lowest BCUT2D eigenvalue weighted by Crippen LogP contribution is -2.35. The molecule has 2 aliphatic rings. The lowest BCUT2D eigenvalue weighted by atomic mass is 10.1. The van der Waals surface area contributed by atoms with Gasteiger partial charge in [-0.1, -0.05) is 12.8 Å². The standard InChI is InChI=1S/C20H28N4OS/c1-22-15-21-13-18(22)20(25)24-10-4-9-23(11-12-24)14-17-7-8-19(26-17)16-5-2-3-6-16/h7-8,13,15-16H,2-6,9-12,14H2,1H3. The number of amides is 1. The fourth-order valence-electron chi connectivity index (χ4n) is 4.19. The van der Waals surface area contributed by atoms with Gasteiger partial charge >= 0.3 is 0 Å². The topological polar surface area (TPSA) is 41.4 Å². The Hall–Kier alpha value is -1.66. The monoisotopic (exact) mass is 372 g/mol. The highest BCUT2D eigenvalue weighted by atomic mass is 32.1. The molecular weight excluding hydrogens is 344 g/mol. The van der Waals surface area contributed by atoms with Crippen LogP contribution in [0.3, 0.4) is 0 Å². The Morgan fingerprint density at radius 3 is 2.77 bits per heavy atom. The van der Waals surface area contributed by atoms with Crippen molar-refractivity contribution in [3.05, 3.63) is 40.1 Å². The van der Waals surface area contributed by atoms with Crippen LogP contribution in [0.2, 0.25) is 0 Å². The molecule has 1 amide bonds. The van der Waals surface area contributed by atoms with Crippen molar-refractivity contribution in [1.82, 2.24) is 19.4 Å². The predicted molar refractivity (Wildman–Crippen MR) is 105 cm³/mol. The molecular formula is C20H28N4OS. The minimum absolute atomic E-state index is 0.103. The van der Waals surface area contributed by atoms with Gasteiger partial charge in [0.05, 0.1) is 12.5 Å². The number of rotatable bonds is 4. The van der Waals surface area contributed by atoms with E-state index in [1.807, 2.05) is 23.3 Å². The molecule has 0 aromatic carbocycles. The summed E-state index contributed by atoms with van der Waals surface area (Å²) < 4.78 is 1.81. The first-order valence-corrected chi connectivity index (χ1v) is 10.6. The van der Waals surface area contributed by atoms with Crippen LogP contribution in [0.5, 0.6) is 0 Å². The molecule has 6 heteroatoms. The minimum atomic E-state index is 0.103. The van der Waals surface area contributed by atoms with Crippen LogP contribution in [0.25, 0.3) is 0 Å². The zero-order valence-electron chi connectivity index (χ0n) is 15.6. The number of hydrogen-bond acceptors (Lipinski definition) is 4. The number of carbonyl (C=O) groups is 1. The Bertz CT molecular complexity index is 747. The summed E-state index contributed by atoms with van der Waals surface area (Å²) in [5, 5.41) is 0. The maximum Gasteiger partial charge on any atom is 0.272 e. The average Bonchev–Trinajstić information content (AvgIpc) is 3.35. The normalized spacial score (nSPS) is 19.8. The Morgan fingerprint density at radius 2 is 2.00 bits per heavy atom. The molecule has 2 aromatic rings. The molecule has 1 aliphatic carbocycles. The van der Waals surface area contributed by atoms with E-state index < -0.39 is 0 Å². The van der Waals surface area contributed by atoms with Crippen LogP contribution in [-0.4, -0.2) is 51.4 Å². The highest BCUT2D eigenvalue weighted by Gasteiger charge is 2.23. The second kappa shape index (κ2) is 7.92. The molecule has 26 heavy (non-hydrogen) atoms. The highest BCUT2D eigenvalue weighted by Crippen LogP contribution is 2.37. The van der Waals surface area contributed by atoms with Crippen molar-refractivity contribution in [2.24, 2.45) is 7.05 Å². The third kappa shape index (κ3) is 3.86. The number of thiophene rings is 1. The zero-order chi connectivity index (χ0) is 17.9. The van der Waals surface area contributed by atoms with E-state index in [0.717, 1.165) is 45.1 Å². The summed E-state index contributed by atoms with van der Waals surface area (Å²) >= 11 is 2.00. The quantitative estimate of drug-likeness (QED) is 0.825. The molecule has 2 aromatic heterocycles. The van der Waals surface area contributed by atoms with Crippen molar-refractivity contribution < 1.29 is 4.79 Å². The first-order valence-electron chi connectivity index (χ1n) is 9.77. The van der Waals surface area contributed by atoms with Crippen molar-refractivity contribution in [2.45, 2.75) is 44.6 Å². The van der Waals surface area contributed by atoms with Gasteiger partial charge in [-0.3, -0.25) is 9.69 Å². The fraction of sp³-hybridized carbons (Fsp3) is 0.600. The van der Waals surface area contributed by atoms with E-state index in [-0.39, 0.29) is 5.91 Å². The van der Waals surface area contributed by atoms with Gasteiger partial charge in [0.15, 0.2) is 0 Å². The van der Waals surface area contributed by atoms with Crippen LogP contribution in [0, 0.1) is 0 Å². The molecule has 140 valence electrons. The van der Waals surface area contributed by atoms with Crippen LogP contribution >= 0.6 is 11.3 Å². The van der Waals surface area contributed by atoms with Gasteiger partial charge in [-0.15, -0.1) is 11.3 Å².